The van der Waals surface area contributed by atoms with Crippen LogP contribution in [0, 0.1) is 0 Å². The minimum atomic E-state index is -0.889. The number of hydrogen-bond acceptors (Lipinski definition) is 4. The molecule has 0 aromatic heterocycles. The van der Waals surface area contributed by atoms with Crippen LogP contribution in [0.4, 0.5) is 0 Å². The van der Waals surface area contributed by atoms with E-state index in [-0.39, 0.29) is 6.79 Å². The van der Waals surface area contributed by atoms with Crippen molar-refractivity contribution >= 4 is 5.97 Å². The molecule has 0 spiro atoms. The Balaban J connectivity index is 2.29. The first-order valence-electron chi connectivity index (χ1n) is 8.81. The third-order valence-electron chi connectivity index (χ3n) is 4.26. The predicted octanol–water partition coefficient (Wildman–Crippen LogP) is 3.54. The molecule has 0 bridgehead atoms. The molecule has 0 radical (unpaired) electrons. The summed E-state index contributed by atoms with van der Waals surface area (Å²) in [6.45, 7) is 3.06. The largest absolute Gasteiger partial charge is 0.480 e. The molecule has 2 rings (SSSR count). The van der Waals surface area contributed by atoms with E-state index in [1.807, 2.05) is 72.5 Å². The second kappa shape index (κ2) is 10.7. The van der Waals surface area contributed by atoms with E-state index < -0.39 is 18.1 Å². The number of aliphatic carboxylic acids is 1. The van der Waals surface area contributed by atoms with Crippen molar-refractivity contribution in [2.24, 2.45) is 0 Å². The van der Waals surface area contributed by atoms with E-state index in [2.05, 4.69) is 0 Å². The molecule has 1 N–H and O–H groups in total. The molecular formula is C21H27NO4. The summed E-state index contributed by atoms with van der Waals surface area (Å²) in [7, 11) is 1.54. The van der Waals surface area contributed by atoms with Crippen molar-refractivity contribution < 1.29 is 19.4 Å². The zero-order valence-corrected chi connectivity index (χ0v) is 15.4. The number of ether oxygens (including phenoxy) is 2. The summed E-state index contributed by atoms with van der Waals surface area (Å²) in [6.07, 6.45) is 0.125. The summed E-state index contributed by atoms with van der Waals surface area (Å²) in [4.78, 5) is 14.1. The fraction of sp³-hybridized carbons (Fsp3) is 0.381. The molecule has 0 aliphatic heterocycles. The van der Waals surface area contributed by atoms with Crippen LogP contribution in [0.3, 0.4) is 0 Å². The van der Waals surface area contributed by atoms with Gasteiger partial charge in [-0.25, -0.2) is 0 Å². The molecular weight excluding hydrogens is 330 g/mol. The number of carbonyl (C=O) groups is 1. The third kappa shape index (κ3) is 5.95. The molecule has 5 heteroatoms. The van der Waals surface area contributed by atoms with Crippen LogP contribution >= 0.6 is 0 Å². The number of methoxy groups -OCH3 is 1. The van der Waals surface area contributed by atoms with Crippen LogP contribution in [-0.2, 0) is 27.4 Å². The van der Waals surface area contributed by atoms with E-state index in [1.54, 1.807) is 0 Å². The quantitative estimate of drug-likeness (QED) is 0.623. The molecule has 0 heterocycles. The molecule has 0 fully saturated rings. The molecule has 0 saturated heterocycles. The molecule has 26 heavy (non-hydrogen) atoms. The van der Waals surface area contributed by atoms with Gasteiger partial charge in [-0.3, -0.25) is 9.69 Å². The van der Waals surface area contributed by atoms with E-state index in [1.165, 1.54) is 7.11 Å². The SMILES string of the molecule is CC[C@H](OCOC)[C@H](C(=O)O)N(Cc1ccccc1)Cc1ccccc1. The highest BCUT2D eigenvalue weighted by molar-refractivity contribution is 5.74. The van der Waals surface area contributed by atoms with Crippen LogP contribution in [0.25, 0.3) is 0 Å². The molecule has 5 nitrogen and oxygen atoms in total. The Morgan fingerprint density at radius 2 is 1.50 bits per heavy atom. The summed E-state index contributed by atoms with van der Waals surface area (Å²) < 4.78 is 10.7. The summed E-state index contributed by atoms with van der Waals surface area (Å²) >= 11 is 0. The average molecular weight is 357 g/mol. The molecule has 2 atom stereocenters. The first-order valence-corrected chi connectivity index (χ1v) is 8.81. The Kier molecular flexibility index (Phi) is 8.28. The number of hydrogen-bond donors (Lipinski definition) is 1. The Morgan fingerprint density at radius 1 is 1.00 bits per heavy atom. The Morgan fingerprint density at radius 3 is 1.88 bits per heavy atom. The fourth-order valence-electron chi connectivity index (χ4n) is 3.03. The number of carboxylic acid groups (broad SMARTS) is 1. The van der Waals surface area contributed by atoms with Crippen LogP contribution in [0.5, 0.6) is 0 Å². The fourth-order valence-corrected chi connectivity index (χ4v) is 3.03. The van der Waals surface area contributed by atoms with Gasteiger partial charge in [0.1, 0.15) is 12.8 Å². The Hall–Kier alpha value is -2.21. The Labute approximate surface area is 155 Å². The highest BCUT2D eigenvalue weighted by Crippen LogP contribution is 2.19. The van der Waals surface area contributed by atoms with Crippen molar-refractivity contribution in [3.8, 4) is 0 Å². The standard InChI is InChI=1S/C21H27NO4/c1-3-19(26-16-25-2)20(21(23)24)22(14-17-10-6-4-7-11-17)15-18-12-8-5-9-13-18/h4-13,19-20H,3,14-16H2,1-2H3,(H,23,24)/t19-,20+/m0/s1. The van der Waals surface area contributed by atoms with Gasteiger partial charge in [-0.2, -0.15) is 0 Å². The maximum Gasteiger partial charge on any atom is 0.323 e. The lowest BCUT2D eigenvalue weighted by Gasteiger charge is -2.34. The van der Waals surface area contributed by atoms with Gasteiger partial charge in [0.2, 0.25) is 0 Å². The monoisotopic (exact) mass is 357 g/mol. The normalized spacial score (nSPS) is 13.5. The predicted molar refractivity (Wildman–Crippen MR) is 101 cm³/mol. The average Bonchev–Trinajstić information content (AvgIpc) is 2.66. The van der Waals surface area contributed by atoms with Gasteiger partial charge < -0.3 is 14.6 Å². The van der Waals surface area contributed by atoms with Crippen molar-refractivity contribution in [3.05, 3.63) is 71.8 Å². The molecule has 0 amide bonds. The van der Waals surface area contributed by atoms with E-state index in [0.717, 1.165) is 11.1 Å². The maximum absolute atomic E-state index is 12.1. The van der Waals surface area contributed by atoms with Gasteiger partial charge >= 0.3 is 5.97 Å². The summed E-state index contributed by atoms with van der Waals surface area (Å²) in [5.74, 6) is -0.889. The minimum absolute atomic E-state index is 0.0762. The lowest BCUT2D eigenvalue weighted by molar-refractivity contribution is -0.157. The number of benzene rings is 2. The molecule has 0 unspecified atom stereocenters. The molecule has 0 aliphatic rings. The smallest absolute Gasteiger partial charge is 0.323 e. The van der Waals surface area contributed by atoms with Crippen molar-refractivity contribution in [1.29, 1.82) is 0 Å². The van der Waals surface area contributed by atoms with Crippen LogP contribution in [-0.4, -0.2) is 42.0 Å². The zero-order valence-electron chi connectivity index (χ0n) is 15.4. The first kappa shape index (κ1) is 20.1. The van der Waals surface area contributed by atoms with Crippen LogP contribution in [0.1, 0.15) is 24.5 Å². The lowest BCUT2D eigenvalue weighted by Crippen LogP contribution is -2.49. The number of carboxylic acids is 1. The highest BCUT2D eigenvalue weighted by Gasteiger charge is 2.33. The molecule has 140 valence electrons. The first-order chi connectivity index (χ1) is 12.7. The second-order valence-corrected chi connectivity index (χ2v) is 6.18. The van der Waals surface area contributed by atoms with Crippen molar-refractivity contribution in [2.75, 3.05) is 13.9 Å². The van der Waals surface area contributed by atoms with Gasteiger partial charge in [0.15, 0.2) is 0 Å². The lowest BCUT2D eigenvalue weighted by atomic mass is 10.0. The van der Waals surface area contributed by atoms with Gasteiger partial charge in [0.05, 0.1) is 6.10 Å². The van der Waals surface area contributed by atoms with Crippen LogP contribution in [0.15, 0.2) is 60.7 Å². The summed E-state index contributed by atoms with van der Waals surface area (Å²) in [5, 5.41) is 9.94. The zero-order chi connectivity index (χ0) is 18.8. The van der Waals surface area contributed by atoms with E-state index in [4.69, 9.17) is 9.47 Å². The molecule has 0 aliphatic carbocycles. The molecule has 2 aromatic rings. The topological polar surface area (TPSA) is 59.0 Å². The van der Waals surface area contributed by atoms with Gasteiger partial charge in [-0.15, -0.1) is 0 Å². The minimum Gasteiger partial charge on any atom is -0.480 e. The van der Waals surface area contributed by atoms with E-state index in [0.29, 0.717) is 19.5 Å². The second-order valence-electron chi connectivity index (χ2n) is 6.18. The summed E-state index contributed by atoms with van der Waals surface area (Å²) in [5.41, 5.74) is 2.13. The van der Waals surface area contributed by atoms with Crippen LogP contribution in [0.2, 0.25) is 0 Å². The maximum atomic E-state index is 12.1. The highest BCUT2D eigenvalue weighted by atomic mass is 16.7. The van der Waals surface area contributed by atoms with Crippen molar-refractivity contribution in [2.45, 2.75) is 38.6 Å². The molecule has 0 saturated carbocycles. The Bertz CT molecular complexity index is 606. The number of rotatable bonds is 11. The summed E-state index contributed by atoms with van der Waals surface area (Å²) in [6, 6.07) is 19.0. The van der Waals surface area contributed by atoms with Crippen LogP contribution < -0.4 is 0 Å². The third-order valence-corrected chi connectivity index (χ3v) is 4.26. The van der Waals surface area contributed by atoms with E-state index in [9.17, 15) is 9.90 Å². The van der Waals surface area contributed by atoms with E-state index >= 15 is 0 Å². The number of nitrogens with zero attached hydrogens (tertiary/aromatic N) is 1. The van der Waals surface area contributed by atoms with Gasteiger partial charge in [-0.05, 0) is 17.5 Å². The van der Waals surface area contributed by atoms with Crippen molar-refractivity contribution in [3.63, 3.8) is 0 Å². The van der Waals surface area contributed by atoms with Crippen molar-refractivity contribution in [1.82, 2.24) is 4.90 Å². The van der Waals surface area contributed by atoms with Gasteiger partial charge in [0, 0.05) is 20.2 Å². The van der Waals surface area contributed by atoms with Gasteiger partial charge in [0.25, 0.3) is 0 Å². The molecule has 2 aromatic carbocycles. The van der Waals surface area contributed by atoms with Gasteiger partial charge in [-0.1, -0.05) is 67.6 Å².